The molecule has 2 amide bonds. The van der Waals surface area contributed by atoms with Crippen LogP contribution < -0.4 is 14.8 Å². The number of hydrogen-bond donors (Lipinski definition) is 3. The normalized spacial score (nSPS) is 28.2. The van der Waals surface area contributed by atoms with Crippen molar-refractivity contribution < 1.29 is 34.1 Å². The number of aliphatic hydroxyl groups is 2. The molecule has 0 spiro atoms. The third kappa shape index (κ3) is 9.82. The van der Waals surface area contributed by atoms with Crippen molar-refractivity contribution in [1.29, 1.82) is 0 Å². The van der Waals surface area contributed by atoms with E-state index in [9.17, 15) is 24.6 Å². The molecule has 278 valence electrons. The van der Waals surface area contributed by atoms with E-state index < -0.39 is 18.2 Å². The number of nitrogens with zero attached hydrogens (tertiary/aromatic N) is 1. The molecule has 1 aromatic rings. The minimum Gasteiger partial charge on any atom is -0.493 e. The molecule has 9 nitrogen and oxygen atoms in total. The van der Waals surface area contributed by atoms with E-state index in [2.05, 4.69) is 34.8 Å². The van der Waals surface area contributed by atoms with Gasteiger partial charge in [0.05, 0.1) is 23.3 Å². The molecule has 0 unspecified atom stereocenters. The Labute approximate surface area is 312 Å². The Bertz CT molecular complexity index is 1310. The molecule has 4 bridgehead atoms. The Morgan fingerprint density at radius 2 is 1.62 bits per heavy atom. The highest BCUT2D eigenvalue weighted by atomic mass is 127. The summed E-state index contributed by atoms with van der Waals surface area (Å²) in [6.07, 6.45) is 18.7. The van der Waals surface area contributed by atoms with E-state index in [1.165, 1.54) is 64.9 Å². The fourth-order valence-electron chi connectivity index (χ4n) is 9.80. The second kappa shape index (κ2) is 18.5. The van der Waals surface area contributed by atoms with E-state index in [-0.39, 0.29) is 36.8 Å². The average Bonchev–Trinajstić information content (AvgIpc) is 3.09. The summed E-state index contributed by atoms with van der Waals surface area (Å²) in [5.74, 6) is 2.56. The van der Waals surface area contributed by atoms with Gasteiger partial charge >= 0.3 is 0 Å². The molecule has 3 N–H and O–H groups in total. The van der Waals surface area contributed by atoms with E-state index in [1.54, 1.807) is 18.2 Å². The quantitative estimate of drug-likeness (QED) is 0.0737. The van der Waals surface area contributed by atoms with Crippen molar-refractivity contribution in [3.05, 3.63) is 32.9 Å². The van der Waals surface area contributed by atoms with Gasteiger partial charge in [-0.25, -0.2) is 0 Å². The second-order valence-electron chi connectivity index (χ2n) is 15.7. The summed E-state index contributed by atoms with van der Waals surface area (Å²) in [6.45, 7) is 2.74. The molecule has 0 radical (unpaired) electrons. The summed E-state index contributed by atoms with van der Waals surface area (Å²) in [5.41, 5.74) is 0.899. The number of methoxy groups -OCH3 is 1. The van der Waals surface area contributed by atoms with Gasteiger partial charge in [-0.1, -0.05) is 58.3 Å². The molecule has 5 aliphatic rings. The number of amides is 2. The van der Waals surface area contributed by atoms with Gasteiger partial charge in [-0.15, -0.1) is 0 Å². The molecule has 5 aliphatic carbocycles. The van der Waals surface area contributed by atoms with Crippen LogP contribution in [0.1, 0.15) is 126 Å². The van der Waals surface area contributed by atoms with Crippen LogP contribution in [0.3, 0.4) is 0 Å². The van der Waals surface area contributed by atoms with Gasteiger partial charge in [0, 0.05) is 37.1 Å². The van der Waals surface area contributed by atoms with Gasteiger partial charge in [-0.2, -0.15) is 0 Å². The molecule has 0 aliphatic heterocycles. The van der Waals surface area contributed by atoms with Crippen LogP contribution in [0.5, 0.6) is 11.5 Å². The molecule has 10 heteroatoms. The summed E-state index contributed by atoms with van der Waals surface area (Å²) in [5, 5.41) is 24.4. The van der Waals surface area contributed by atoms with E-state index in [4.69, 9.17) is 9.47 Å². The summed E-state index contributed by atoms with van der Waals surface area (Å²) in [6, 6.07) is 2.62. The summed E-state index contributed by atoms with van der Waals surface area (Å²) < 4.78 is 12.7. The summed E-state index contributed by atoms with van der Waals surface area (Å²) >= 11 is 2.08. The van der Waals surface area contributed by atoms with Crippen molar-refractivity contribution in [2.45, 2.75) is 134 Å². The first-order valence-electron chi connectivity index (χ1n) is 19.3. The predicted molar refractivity (Wildman–Crippen MR) is 202 cm³/mol. The maximum Gasteiger partial charge on any atom is 0.247 e. The van der Waals surface area contributed by atoms with Crippen LogP contribution in [0.15, 0.2) is 23.8 Å². The van der Waals surface area contributed by atoms with Gasteiger partial charge in [0.2, 0.25) is 11.8 Å². The first kappa shape index (κ1) is 39.0. The van der Waals surface area contributed by atoms with Crippen molar-refractivity contribution in [2.24, 2.45) is 23.2 Å². The number of aldehydes is 1. The number of halogens is 1. The standard InChI is InChI=1S/C40H59IN2O7/c1-3-4-5-6-7-8-9-10-11-12-36(46)43(26-40-22-27-15-28(23-40)17-29(16-27)24-40)33-20-31(39(48)42-13-14-44)21-34(37(33)47)50-38-32(41)18-30(25-45)19-35(38)49-2/h18-19,21,25,27-29,33-34,37,44,47H,3-17,20,22-24,26H2,1-2H3,(H,42,48)/t27?,28?,29?,33-,34+,37+,40?/m1/s1. The smallest absolute Gasteiger partial charge is 0.247 e. The summed E-state index contributed by atoms with van der Waals surface area (Å²) in [7, 11) is 1.49. The number of unbranched alkanes of at least 4 members (excludes halogenated alkanes) is 8. The van der Waals surface area contributed by atoms with Gasteiger partial charge in [-0.05, 0) is 109 Å². The van der Waals surface area contributed by atoms with Crippen molar-refractivity contribution in [3.63, 3.8) is 0 Å². The van der Waals surface area contributed by atoms with Crippen LogP contribution in [-0.2, 0) is 9.59 Å². The SMILES string of the molecule is CCCCCCCCCCCC(=O)N(CC12CC3CC(CC(C3)C1)C2)[C@@H]1CC(C(=O)NCCO)=C[C@H](Oc2c(I)cc(C=O)cc2OC)[C@H]1O. The number of carbonyl (C=O) groups is 3. The first-order valence-corrected chi connectivity index (χ1v) is 20.3. The Hall–Kier alpha value is -2.18. The maximum atomic E-state index is 14.4. The number of nitrogens with one attached hydrogen (secondary N) is 1. The topological polar surface area (TPSA) is 125 Å². The Balaban J connectivity index is 1.39. The minimum atomic E-state index is -1.10. The Morgan fingerprint density at radius 1 is 1.00 bits per heavy atom. The zero-order chi connectivity index (χ0) is 35.7. The number of rotatable bonds is 20. The largest absolute Gasteiger partial charge is 0.493 e. The zero-order valence-corrected chi connectivity index (χ0v) is 32.3. The Kier molecular flexibility index (Phi) is 14.5. The molecule has 1 aromatic carbocycles. The number of benzene rings is 1. The molecule has 50 heavy (non-hydrogen) atoms. The van der Waals surface area contributed by atoms with Crippen LogP contribution in [0.4, 0.5) is 0 Å². The molecule has 0 saturated heterocycles. The predicted octanol–water partition coefficient (Wildman–Crippen LogP) is 6.99. The van der Waals surface area contributed by atoms with Crippen LogP contribution in [-0.4, -0.2) is 78.3 Å². The Morgan fingerprint density at radius 3 is 2.20 bits per heavy atom. The number of carbonyl (C=O) groups excluding carboxylic acids is 3. The molecule has 0 aromatic heterocycles. The fourth-order valence-corrected chi connectivity index (χ4v) is 10.6. The highest BCUT2D eigenvalue weighted by Crippen LogP contribution is 2.60. The lowest BCUT2D eigenvalue weighted by Crippen LogP contribution is -2.59. The van der Waals surface area contributed by atoms with E-state index in [0.717, 1.165) is 44.8 Å². The van der Waals surface area contributed by atoms with Crippen molar-refractivity contribution in [1.82, 2.24) is 10.2 Å². The zero-order valence-electron chi connectivity index (χ0n) is 30.2. The van der Waals surface area contributed by atoms with E-state index in [0.29, 0.717) is 56.9 Å². The minimum absolute atomic E-state index is 0.0443. The van der Waals surface area contributed by atoms with E-state index >= 15 is 0 Å². The monoisotopic (exact) mass is 806 g/mol. The molecule has 0 heterocycles. The number of aliphatic hydroxyl groups excluding tert-OH is 2. The van der Waals surface area contributed by atoms with Crippen LogP contribution >= 0.6 is 22.6 Å². The maximum absolute atomic E-state index is 14.4. The van der Waals surface area contributed by atoms with Gasteiger partial charge in [0.25, 0.3) is 0 Å². The third-order valence-corrected chi connectivity index (χ3v) is 12.5. The lowest BCUT2D eigenvalue weighted by atomic mass is 9.49. The molecule has 4 fully saturated rings. The van der Waals surface area contributed by atoms with Crippen molar-refractivity contribution >= 4 is 40.7 Å². The summed E-state index contributed by atoms with van der Waals surface area (Å²) in [4.78, 5) is 41.4. The highest BCUT2D eigenvalue weighted by molar-refractivity contribution is 14.1. The molecule has 4 saturated carbocycles. The number of hydrogen-bond acceptors (Lipinski definition) is 7. The molecular weight excluding hydrogens is 747 g/mol. The van der Waals surface area contributed by atoms with Gasteiger partial charge in [0.1, 0.15) is 18.5 Å². The van der Waals surface area contributed by atoms with Crippen LogP contribution in [0.2, 0.25) is 0 Å². The third-order valence-electron chi connectivity index (χ3n) is 11.7. The van der Waals surface area contributed by atoms with Gasteiger partial charge in [-0.3, -0.25) is 14.4 Å². The van der Waals surface area contributed by atoms with Gasteiger partial charge in [0.15, 0.2) is 11.5 Å². The lowest BCUT2D eigenvalue weighted by molar-refractivity contribution is -0.147. The first-order chi connectivity index (χ1) is 24.2. The van der Waals surface area contributed by atoms with Crippen LogP contribution in [0, 0.1) is 26.7 Å². The fraction of sp³-hybridized carbons (Fsp3) is 0.725. The molecule has 3 atom stereocenters. The van der Waals surface area contributed by atoms with Gasteiger partial charge < -0.3 is 29.9 Å². The lowest BCUT2D eigenvalue weighted by Gasteiger charge is -2.58. The number of ether oxygens (including phenoxy) is 2. The van der Waals surface area contributed by atoms with Crippen LogP contribution in [0.25, 0.3) is 0 Å². The molecular formula is C40H59IN2O7. The van der Waals surface area contributed by atoms with E-state index in [1.807, 2.05) is 4.90 Å². The average molecular weight is 807 g/mol. The second-order valence-corrected chi connectivity index (χ2v) is 16.8. The highest BCUT2D eigenvalue weighted by Gasteiger charge is 2.53. The van der Waals surface area contributed by atoms with Crippen molar-refractivity contribution in [2.75, 3.05) is 26.8 Å². The van der Waals surface area contributed by atoms with Crippen molar-refractivity contribution in [3.8, 4) is 11.5 Å². The molecule has 6 rings (SSSR count).